The number of methoxy groups -OCH3 is 1. The molecule has 1 nitrogen and oxygen atoms in total. The van der Waals surface area contributed by atoms with E-state index >= 15 is 0 Å². The zero-order valence-corrected chi connectivity index (χ0v) is 14.4. The van der Waals surface area contributed by atoms with Crippen molar-refractivity contribution in [1.29, 1.82) is 0 Å². The third-order valence-corrected chi connectivity index (χ3v) is 9.52. The molecule has 0 fully saturated rings. The summed E-state index contributed by atoms with van der Waals surface area (Å²) in [6, 6.07) is 0. The molecule has 0 radical (unpaired) electrons. The first-order valence-electron chi connectivity index (χ1n) is 8.09. The third-order valence-electron chi connectivity index (χ3n) is 4.10. The normalized spacial score (nSPS) is 13.8. The highest BCUT2D eigenvalue weighted by molar-refractivity contribution is 7.76. The largest absolute Gasteiger partial charge is 0.347 e. The molecule has 0 bridgehead atoms. The second-order valence-corrected chi connectivity index (χ2v) is 9.90. The van der Waals surface area contributed by atoms with Gasteiger partial charge in [-0.05, 0) is 19.3 Å². The topological polar surface area (TPSA) is 9.23 Å². The number of ether oxygens (including phenoxy) is 1. The van der Waals surface area contributed by atoms with Gasteiger partial charge in [0.1, 0.15) is 0 Å². The van der Waals surface area contributed by atoms with Gasteiger partial charge in [-0.15, -0.1) is 0 Å². The fourth-order valence-corrected chi connectivity index (χ4v) is 8.56. The van der Waals surface area contributed by atoms with Gasteiger partial charge in [-0.1, -0.05) is 47.0 Å². The molecule has 0 amide bonds. The van der Waals surface area contributed by atoms with E-state index in [4.69, 9.17) is 4.74 Å². The van der Waals surface area contributed by atoms with Crippen LogP contribution in [0.2, 0.25) is 0 Å². The molecule has 0 aromatic rings. The predicted octanol–water partition coefficient (Wildman–Crippen LogP) is 5.79. The van der Waals surface area contributed by atoms with Crippen LogP contribution in [0.5, 0.6) is 0 Å². The number of unbranched alkanes of at least 4 members (excludes halogenated alkanes) is 3. The van der Waals surface area contributed by atoms with Crippen LogP contribution in [0.15, 0.2) is 0 Å². The Hall–Kier alpha value is 0.390. The average Bonchev–Trinajstić information content (AvgIpc) is 2.41. The van der Waals surface area contributed by atoms with Gasteiger partial charge in [0.25, 0.3) is 0 Å². The lowest BCUT2D eigenvalue weighted by Gasteiger charge is -2.34. The summed E-state index contributed by atoms with van der Waals surface area (Å²) in [5.74, 6) is 0.571. The zero-order valence-electron chi connectivity index (χ0n) is 13.5. The molecule has 0 saturated carbocycles. The number of hydrogen-bond acceptors (Lipinski definition) is 1. The smallest absolute Gasteiger partial charge is 0.166 e. The Balaban J connectivity index is 4.82. The second kappa shape index (κ2) is 11.2. The van der Waals surface area contributed by atoms with Gasteiger partial charge >= 0.3 is 0 Å². The summed E-state index contributed by atoms with van der Waals surface area (Å²) < 4.78 is 5.91. The summed E-state index contributed by atoms with van der Waals surface area (Å²) in [6.07, 6.45) is 13.8. The molecule has 1 atom stereocenters. The first-order chi connectivity index (χ1) is 8.70. The Morgan fingerprint density at radius 2 is 1.17 bits per heavy atom. The van der Waals surface area contributed by atoms with Crippen LogP contribution in [-0.2, 0) is 4.74 Å². The summed E-state index contributed by atoms with van der Waals surface area (Å²) in [5.41, 5.74) is 0. The average molecular weight is 275 g/mol. The molecule has 0 aliphatic heterocycles. The number of hydrogen-bond donors (Lipinski definition) is 0. The Morgan fingerprint density at radius 1 is 0.778 bits per heavy atom. The summed E-state index contributed by atoms with van der Waals surface area (Å²) in [5, 5.41) is 0. The van der Waals surface area contributed by atoms with Crippen LogP contribution in [0, 0.1) is 0 Å². The lowest BCUT2D eigenvalue weighted by atomic mass is 10.4. The quantitative estimate of drug-likeness (QED) is 0.410. The third kappa shape index (κ3) is 6.02. The molecule has 1 unspecified atom stereocenters. The van der Waals surface area contributed by atoms with E-state index < -0.39 is 7.26 Å². The molecule has 110 valence electrons. The first kappa shape index (κ1) is 18.4. The second-order valence-electron chi connectivity index (χ2n) is 5.55. The van der Waals surface area contributed by atoms with Gasteiger partial charge in [-0.25, -0.2) is 0 Å². The Labute approximate surface area is 116 Å². The van der Waals surface area contributed by atoms with Crippen LogP contribution < -0.4 is 0 Å². The summed E-state index contributed by atoms with van der Waals surface area (Å²) in [6.45, 7) is 9.28. The molecule has 0 rings (SSSR count). The molecule has 2 heteroatoms. The monoisotopic (exact) mass is 275 g/mol. The van der Waals surface area contributed by atoms with Gasteiger partial charge in [-0.3, -0.25) is 0 Å². The minimum absolute atomic E-state index is 0.571. The van der Waals surface area contributed by atoms with Gasteiger partial charge in [0, 0.05) is 20.8 Å². The van der Waals surface area contributed by atoms with Crippen LogP contribution in [0.4, 0.5) is 0 Å². The van der Waals surface area contributed by atoms with E-state index in [2.05, 4.69) is 27.7 Å². The zero-order chi connectivity index (χ0) is 13.9. The van der Waals surface area contributed by atoms with Crippen molar-refractivity contribution in [3.05, 3.63) is 0 Å². The maximum atomic E-state index is 5.91. The summed E-state index contributed by atoms with van der Waals surface area (Å²) in [7, 11) is 1.06. The molecule has 0 saturated heterocycles. The van der Waals surface area contributed by atoms with E-state index in [-0.39, 0.29) is 0 Å². The van der Waals surface area contributed by atoms with Crippen LogP contribution in [0.25, 0.3) is 0 Å². The molecule has 18 heavy (non-hydrogen) atoms. The van der Waals surface area contributed by atoms with Crippen molar-refractivity contribution in [3.63, 3.8) is 0 Å². The van der Waals surface area contributed by atoms with Crippen molar-refractivity contribution in [2.45, 2.75) is 78.5 Å². The van der Waals surface area contributed by atoms with Crippen LogP contribution >= 0.6 is 7.26 Å². The Bertz CT molecular complexity index is 156. The van der Waals surface area contributed by atoms with Gasteiger partial charge in [0.15, 0.2) is 5.85 Å². The highest BCUT2D eigenvalue weighted by Gasteiger charge is 2.43. The van der Waals surface area contributed by atoms with Crippen LogP contribution in [0.1, 0.15) is 72.6 Å². The lowest BCUT2D eigenvalue weighted by molar-refractivity contribution is 0.162. The van der Waals surface area contributed by atoms with E-state index in [1.165, 1.54) is 63.4 Å². The van der Waals surface area contributed by atoms with E-state index in [0.717, 1.165) is 0 Å². The molecule has 0 N–H and O–H groups in total. The van der Waals surface area contributed by atoms with Gasteiger partial charge in [-0.2, -0.15) is 0 Å². The van der Waals surface area contributed by atoms with Crippen molar-refractivity contribution in [1.82, 2.24) is 0 Å². The van der Waals surface area contributed by atoms with E-state index in [1.54, 1.807) is 0 Å². The Morgan fingerprint density at radius 3 is 1.39 bits per heavy atom. The van der Waals surface area contributed by atoms with E-state index in [0.29, 0.717) is 5.85 Å². The van der Waals surface area contributed by atoms with Crippen molar-refractivity contribution in [2.75, 3.05) is 25.6 Å². The predicted molar refractivity (Wildman–Crippen MR) is 87.3 cm³/mol. The van der Waals surface area contributed by atoms with Crippen molar-refractivity contribution in [2.24, 2.45) is 0 Å². The van der Waals surface area contributed by atoms with Crippen molar-refractivity contribution in [3.8, 4) is 0 Å². The maximum absolute atomic E-state index is 5.91. The number of rotatable bonds is 12. The van der Waals surface area contributed by atoms with Crippen molar-refractivity contribution < 1.29 is 4.74 Å². The molecule has 0 spiro atoms. The van der Waals surface area contributed by atoms with Gasteiger partial charge in [0.2, 0.25) is 0 Å². The maximum Gasteiger partial charge on any atom is 0.166 e. The van der Waals surface area contributed by atoms with Crippen LogP contribution in [0.3, 0.4) is 0 Å². The fraction of sp³-hybridized carbons (Fsp3) is 1.00. The van der Waals surface area contributed by atoms with Gasteiger partial charge < -0.3 is 4.74 Å². The SMILES string of the molecule is CCCC[P+](CCCC)(CCCC)C(CC)OC. The summed E-state index contributed by atoms with van der Waals surface area (Å²) in [4.78, 5) is 0. The molecule has 0 aliphatic rings. The van der Waals surface area contributed by atoms with Crippen LogP contribution in [-0.4, -0.2) is 31.4 Å². The molecule has 0 aromatic carbocycles. The summed E-state index contributed by atoms with van der Waals surface area (Å²) >= 11 is 0. The molecular weight excluding hydrogens is 239 g/mol. The first-order valence-corrected chi connectivity index (χ1v) is 10.5. The van der Waals surface area contributed by atoms with E-state index in [1.807, 2.05) is 7.11 Å². The fourth-order valence-electron chi connectivity index (χ4n) is 2.96. The minimum Gasteiger partial charge on any atom is -0.347 e. The lowest BCUT2D eigenvalue weighted by Crippen LogP contribution is -2.23. The minimum atomic E-state index is -0.878. The van der Waals surface area contributed by atoms with Gasteiger partial charge in [0.05, 0.1) is 18.5 Å². The highest BCUT2D eigenvalue weighted by Crippen LogP contribution is 2.65. The molecule has 0 heterocycles. The van der Waals surface area contributed by atoms with E-state index in [9.17, 15) is 0 Å². The molecule has 0 aliphatic carbocycles. The highest BCUT2D eigenvalue weighted by atomic mass is 31.2. The van der Waals surface area contributed by atoms with Crippen molar-refractivity contribution >= 4 is 7.26 Å². The standard InChI is InChI=1S/C16H36OP/c1-6-10-13-18(14-11-7-2,15-12-8-3)16(9-4)17-5/h16H,6-15H2,1-5H3/q+1. The molecule has 0 aromatic heterocycles. The molecular formula is C16H36OP+. The Kier molecular flexibility index (Phi) is 11.5.